The summed E-state index contributed by atoms with van der Waals surface area (Å²) in [4.78, 5) is 0.376. The molecule has 13 heavy (non-hydrogen) atoms. The van der Waals surface area contributed by atoms with Crippen molar-refractivity contribution in [2.75, 3.05) is 0 Å². The lowest BCUT2D eigenvalue weighted by Gasteiger charge is -1.98. The first kappa shape index (κ1) is 8.99. The lowest BCUT2D eigenvalue weighted by molar-refractivity contribution is 0.589. The Labute approximate surface area is 81.8 Å². The molecule has 0 atom stereocenters. The van der Waals surface area contributed by atoms with E-state index < -0.39 is 10.0 Å². The molecule has 0 unspecified atom stereocenters. The maximum Gasteiger partial charge on any atom is 0.241 e. The number of alkyl halides is 1. The molecular weight excluding hydrogens is 210 g/mol. The first-order chi connectivity index (χ1) is 6.13. The Bertz CT molecular complexity index is 441. The van der Waals surface area contributed by atoms with Gasteiger partial charge in [0.15, 0.2) is 0 Å². The van der Waals surface area contributed by atoms with Gasteiger partial charge in [0.1, 0.15) is 0 Å². The lowest BCUT2D eigenvalue weighted by Crippen LogP contribution is -2.13. The highest BCUT2D eigenvalue weighted by Gasteiger charge is 2.24. The van der Waals surface area contributed by atoms with Crippen LogP contribution in [0.5, 0.6) is 0 Å². The van der Waals surface area contributed by atoms with Gasteiger partial charge in [0.25, 0.3) is 0 Å². The highest BCUT2D eigenvalue weighted by molar-refractivity contribution is 7.89. The molecule has 0 saturated heterocycles. The summed E-state index contributed by atoms with van der Waals surface area (Å²) in [6, 6.07) is 5.15. The molecule has 0 fully saturated rings. The predicted molar refractivity (Wildman–Crippen MR) is 50.0 cm³/mol. The van der Waals surface area contributed by atoms with Gasteiger partial charge in [0, 0.05) is 12.4 Å². The van der Waals surface area contributed by atoms with Crippen molar-refractivity contribution in [3.63, 3.8) is 0 Å². The molecule has 70 valence electrons. The highest BCUT2D eigenvalue weighted by Crippen LogP contribution is 2.23. The molecule has 0 aromatic heterocycles. The summed E-state index contributed by atoms with van der Waals surface area (Å²) in [5.41, 5.74) is 1.75. The molecule has 0 aliphatic carbocycles. The molecule has 0 bridgehead atoms. The summed E-state index contributed by atoms with van der Waals surface area (Å²) in [5, 5.41) is 0. The third-order valence-electron chi connectivity index (χ3n) is 2.02. The SMILES string of the molecule is O=S1(=O)NCc2cc(CCl)ccc21. The van der Waals surface area contributed by atoms with Crippen LogP contribution >= 0.6 is 11.6 Å². The van der Waals surface area contributed by atoms with Crippen molar-refractivity contribution >= 4 is 21.6 Å². The second-order valence-electron chi connectivity index (χ2n) is 2.90. The second kappa shape index (κ2) is 2.97. The maximum absolute atomic E-state index is 11.3. The van der Waals surface area contributed by atoms with Gasteiger partial charge >= 0.3 is 0 Å². The number of hydrogen-bond acceptors (Lipinski definition) is 2. The molecular formula is C8H8ClNO2S. The summed E-state index contributed by atoms with van der Waals surface area (Å²) < 4.78 is 25.1. The van der Waals surface area contributed by atoms with E-state index in [9.17, 15) is 8.42 Å². The van der Waals surface area contributed by atoms with Crippen LogP contribution in [0.2, 0.25) is 0 Å². The van der Waals surface area contributed by atoms with Crippen molar-refractivity contribution in [3.8, 4) is 0 Å². The van der Waals surface area contributed by atoms with Crippen LogP contribution < -0.4 is 4.72 Å². The smallest absolute Gasteiger partial charge is 0.207 e. The topological polar surface area (TPSA) is 46.2 Å². The van der Waals surface area contributed by atoms with Crippen molar-refractivity contribution in [2.45, 2.75) is 17.3 Å². The molecule has 2 rings (SSSR count). The number of hydrogen-bond donors (Lipinski definition) is 1. The molecule has 5 heteroatoms. The van der Waals surface area contributed by atoms with Gasteiger partial charge in [0.2, 0.25) is 10.0 Å². The number of benzene rings is 1. The van der Waals surface area contributed by atoms with Gasteiger partial charge in [-0.2, -0.15) is 0 Å². The number of nitrogens with one attached hydrogen (secondary N) is 1. The Kier molecular flexibility index (Phi) is 2.06. The molecule has 1 aromatic rings. The Morgan fingerprint density at radius 1 is 1.46 bits per heavy atom. The first-order valence-corrected chi connectivity index (χ1v) is 5.83. The van der Waals surface area contributed by atoms with Gasteiger partial charge in [-0.15, -0.1) is 11.6 Å². The van der Waals surface area contributed by atoms with Crippen LogP contribution in [0.25, 0.3) is 0 Å². The van der Waals surface area contributed by atoms with Gasteiger partial charge < -0.3 is 0 Å². The average Bonchev–Trinajstić information content (AvgIpc) is 2.42. The first-order valence-electron chi connectivity index (χ1n) is 3.81. The molecule has 0 saturated carbocycles. The molecule has 1 aliphatic rings. The Morgan fingerprint density at radius 3 is 2.92 bits per heavy atom. The van der Waals surface area contributed by atoms with Crippen molar-refractivity contribution in [1.29, 1.82) is 0 Å². The van der Waals surface area contributed by atoms with Crippen LogP contribution in [-0.2, 0) is 22.4 Å². The molecule has 3 nitrogen and oxygen atoms in total. The minimum atomic E-state index is -3.22. The molecule has 0 spiro atoms. The molecule has 1 heterocycles. The second-order valence-corrected chi connectivity index (χ2v) is 4.90. The Morgan fingerprint density at radius 2 is 2.23 bits per heavy atom. The van der Waals surface area contributed by atoms with E-state index >= 15 is 0 Å². The minimum absolute atomic E-state index is 0.376. The van der Waals surface area contributed by atoms with Crippen LogP contribution in [0, 0.1) is 0 Å². The van der Waals surface area contributed by atoms with E-state index in [0.717, 1.165) is 11.1 Å². The number of sulfonamides is 1. The van der Waals surface area contributed by atoms with Crippen molar-refractivity contribution in [1.82, 2.24) is 4.72 Å². The molecule has 0 radical (unpaired) electrons. The van der Waals surface area contributed by atoms with E-state index in [2.05, 4.69) is 4.72 Å². The van der Waals surface area contributed by atoms with Gasteiger partial charge in [-0.25, -0.2) is 13.1 Å². The van der Waals surface area contributed by atoms with Gasteiger partial charge in [-0.3, -0.25) is 0 Å². The zero-order chi connectivity index (χ0) is 9.47. The number of fused-ring (bicyclic) bond motifs is 1. The molecule has 1 aliphatic heterocycles. The average molecular weight is 218 g/mol. The van der Waals surface area contributed by atoms with Crippen LogP contribution in [0.15, 0.2) is 23.1 Å². The summed E-state index contributed by atoms with van der Waals surface area (Å²) >= 11 is 5.63. The van der Waals surface area contributed by atoms with Crippen molar-refractivity contribution in [3.05, 3.63) is 29.3 Å². The maximum atomic E-state index is 11.3. The lowest BCUT2D eigenvalue weighted by atomic mass is 10.1. The van der Waals surface area contributed by atoms with E-state index in [1.54, 1.807) is 12.1 Å². The quantitative estimate of drug-likeness (QED) is 0.719. The van der Waals surface area contributed by atoms with E-state index in [1.807, 2.05) is 6.07 Å². The molecule has 1 aromatic carbocycles. The van der Waals surface area contributed by atoms with Crippen LogP contribution in [0.3, 0.4) is 0 Å². The summed E-state index contributed by atoms with van der Waals surface area (Å²) in [7, 11) is -3.22. The Balaban J connectivity index is 2.59. The van der Waals surface area contributed by atoms with E-state index in [4.69, 9.17) is 11.6 Å². The fourth-order valence-corrected chi connectivity index (χ4v) is 2.76. The normalized spacial score (nSPS) is 18.5. The fraction of sp³-hybridized carbons (Fsp3) is 0.250. The highest BCUT2D eigenvalue weighted by atomic mass is 35.5. The fourth-order valence-electron chi connectivity index (χ4n) is 1.37. The number of rotatable bonds is 1. The van der Waals surface area contributed by atoms with Crippen LogP contribution in [0.4, 0.5) is 0 Å². The largest absolute Gasteiger partial charge is 0.241 e. The van der Waals surface area contributed by atoms with Crippen LogP contribution in [0.1, 0.15) is 11.1 Å². The summed E-state index contributed by atoms with van der Waals surface area (Å²) in [5.74, 6) is 0.410. The third-order valence-corrected chi connectivity index (χ3v) is 3.83. The predicted octanol–water partition coefficient (Wildman–Crippen LogP) is 1.22. The van der Waals surface area contributed by atoms with Gasteiger partial charge in [-0.05, 0) is 17.2 Å². The van der Waals surface area contributed by atoms with Crippen LogP contribution in [-0.4, -0.2) is 8.42 Å². The monoisotopic (exact) mass is 217 g/mol. The summed E-state index contributed by atoms with van der Waals surface area (Å²) in [6.45, 7) is 0.377. The Hall–Kier alpha value is -0.580. The molecule has 0 amide bonds. The van der Waals surface area contributed by atoms with E-state index in [1.165, 1.54) is 0 Å². The van der Waals surface area contributed by atoms with Crippen molar-refractivity contribution in [2.24, 2.45) is 0 Å². The van der Waals surface area contributed by atoms with Gasteiger partial charge in [0.05, 0.1) is 4.90 Å². The number of halogens is 1. The standard InChI is InChI=1S/C8H8ClNO2S/c9-4-6-1-2-8-7(3-6)5-10-13(8,11)12/h1-3,10H,4-5H2. The third kappa shape index (κ3) is 1.45. The van der Waals surface area contributed by atoms with E-state index in [0.29, 0.717) is 17.3 Å². The van der Waals surface area contributed by atoms with Crippen molar-refractivity contribution < 1.29 is 8.42 Å². The summed E-state index contributed by atoms with van der Waals surface area (Å²) in [6.07, 6.45) is 0. The van der Waals surface area contributed by atoms with Gasteiger partial charge in [-0.1, -0.05) is 12.1 Å². The van der Waals surface area contributed by atoms with E-state index in [-0.39, 0.29) is 0 Å². The molecule has 1 N–H and O–H groups in total. The minimum Gasteiger partial charge on any atom is -0.207 e. The zero-order valence-corrected chi connectivity index (χ0v) is 8.32. The zero-order valence-electron chi connectivity index (χ0n) is 6.75.